The van der Waals surface area contributed by atoms with Crippen LogP contribution in [0.1, 0.15) is 36.0 Å². The van der Waals surface area contributed by atoms with Gasteiger partial charge in [0, 0.05) is 48.8 Å². The van der Waals surface area contributed by atoms with E-state index in [1.54, 1.807) is 31.2 Å². The predicted molar refractivity (Wildman–Crippen MR) is 166 cm³/mol. The van der Waals surface area contributed by atoms with Crippen molar-refractivity contribution in [3.8, 4) is 0 Å². The van der Waals surface area contributed by atoms with E-state index in [-0.39, 0.29) is 35.5 Å². The molecule has 3 aromatic carbocycles. The smallest absolute Gasteiger partial charge is 0.243 e. The van der Waals surface area contributed by atoms with Crippen molar-refractivity contribution in [1.29, 1.82) is 0 Å². The molecule has 0 aliphatic carbocycles. The number of hydrogen-bond acceptors (Lipinski definition) is 6. The molecule has 1 aromatic heterocycles. The first-order valence-electron chi connectivity index (χ1n) is 14.6. The summed E-state index contributed by atoms with van der Waals surface area (Å²) >= 11 is 0. The number of amides is 1. The Kier molecular flexibility index (Phi) is 9.86. The molecule has 2 atom stereocenters. The fraction of sp³-hybridized carbons (Fsp3) is 0.273. The van der Waals surface area contributed by atoms with Gasteiger partial charge in [-0.2, -0.15) is 4.31 Å². The number of sulfonamides is 1. The number of rotatable bonds is 10. The molecule has 1 fully saturated rings. The number of nitrogen functional groups attached to an aromatic ring is 1. The Hall–Kier alpha value is -4.26. The van der Waals surface area contributed by atoms with Crippen LogP contribution in [-0.2, 0) is 21.2 Å². The molecular formula is C33H34F3N5O3S. The van der Waals surface area contributed by atoms with Gasteiger partial charge < -0.3 is 16.4 Å². The molecule has 2 heterocycles. The second kappa shape index (κ2) is 13.8. The lowest BCUT2D eigenvalue weighted by Crippen LogP contribution is -2.53. The molecule has 4 aromatic rings. The second-order valence-corrected chi connectivity index (χ2v) is 13.0. The maximum absolute atomic E-state index is 15.2. The van der Waals surface area contributed by atoms with Gasteiger partial charge >= 0.3 is 0 Å². The van der Waals surface area contributed by atoms with Crippen molar-refractivity contribution >= 4 is 27.3 Å². The Bertz CT molecular complexity index is 1690. The molecule has 0 radical (unpaired) electrons. The number of aromatic nitrogens is 1. The predicted octanol–water partition coefficient (Wildman–Crippen LogP) is 5.08. The van der Waals surface area contributed by atoms with Crippen molar-refractivity contribution in [2.75, 3.05) is 30.7 Å². The molecule has 236 valence electrons. The molecule has 1 aliphatic heterocycles. The van der Waals surface area contributed by atoms with E-state index in [1.807, 2.05) is 0 Å². The Morgan fingerprint density at radius 2 is 1.58 bits per heavy atom. The molecule has 1 amide bonds. The zero-order valence-electron chi connectivity index (χ0n) is 24.6. The lowest BCUT2D eigenvalue weighted by molar-refractivity contribution is -0.119. The largest absolute Gasteiger partial charge is 0.399 e. The summed E-state index contributed by atoms with van der Waals surface area (Å²) in [7, 11) is -3.84. The lowest BCUT2D eigenvalue weighted by Gasteiger charge is -2.35. The average Bonchev–Trinajstić information content (AvgIpc) is 3.03. The van der Waals surface area contributed by atoms with Gasteiger partial charge in [0.1, 0.15) is 17.5 Å². The number of hydrogen-bond donors (Lipinski definition) is 3. The molecule has 0 bridgehead atoms. The van der Waals surface area contributed by atoms with Crippen LogP contribution < -0.4 is 16.4 Å². The third-order valence-electron chi connectivity index (χ3n) is 8.15. The number of anilines is 2. The normalized spacial score (nSPS) is 16.4. The van der Waals surface area contributed by atoms with Gasteiger partial charge in [-0.3, -0.25) is 9.78 Å². The number of benzene rings is 3. The number of carbonyl (C=O) groups is 1. The number of nitrogens with one attached hydrogen (secondary N) is 2. The van der Waals surface area contributed by atoms with E-state index in [1.165, 1.54) is 59.0 Å². The zero-order chi connectivity index (χ0) is 32.1. The van der Waals surface area contributed by atoms with Gasteiger partial charge in [-0.15, -0.1) is 0 Å². The average molecular weight is 638 g/mol. The summed E-state index contributed by atoms with van der Waals surface area (Å²) in [5, 5.41) is 6.02. The topological polar surface area (TPSA) is 117 Å². The minimum absolute atomic E-state index is 0.123. The van der Waals surface area contributed by atoms with Gasteiger partial charge in [-0.25, -0.2) is 21.6 Å². The van der Waals surface area contributed by atoms with E-state index in [0.29, 0.717) is 29.9 Å². The minimum Gasteiger partial charge on any atom is -0.399 e. The summed E-state index contributed by atoms with van der Waals surface area (Å²) in [6.45, 7) is 2.77. The molecule has 4 N–H and O–H groups in total. The molecule has 12 heteroatoms. The van der Waals surface area contributed by atoms with E-state index in [9.17, 15) is 22.0 Å². The highest BCUT2D eigenvalue weighted by Crippen LogP contribution is 2.34. The summed E-state index contributed by atoms with van der Waals surface area (Å²) in [5.74, 6) is -3.24. The van der Waals surface area contributed by atoms with Crippen LogP contribution >= 0.6 is 0 Å². The van der Waals surface area contributed by atoms with Gasteiger partial charge in [-0.05, 0) is 72.5 Å². The Balaban J connectivity index is 1.36. The number of piperazine rings is 1. The Morgan fingerprint density at radius 1 is 0.978 bits per heavy atom. The summed E-state index contributed by atoms with van der Waals surface area (Å²) in [6.07, 6.45) is 2.80. The third-order valence-corrected chi connectivity index (χ3v) is 10.1. The van der Waals surface area contributed by atoms with Crippen LogP contribution in [-0.4, -0.2) is 49.3 Å². The SMILES string of the molecule is C[C@H](C(=O)Nc1cncc(F)c1CC[C@@H]1CNCCN1S(=O)(=O)c1ccc(N)cc1)C(c1ccc(F)cc1)c1ccc(F)cc1. The molecule has 45 heavy (non-hydrogen) atoms. The van der Waals surface area contributed by atoms with Crippen molar-refractivity contribution in [1.82, 2.24) is 14.6 Å². The molecule has 8 nitrogen and oxygen atoms in total. The number of nitrogens with two attached hydrogens (primary N) is 1. The molecular weight excluding hydrogens is 603 g/mol. The van der Waals surface area contributed by atoms with Crippen molar-refractivity contribution < 1.29 is 26.4 Å². The Labute approximate surface area is 260 Å². The van der Waals surface area contributed by atoms with Crippen LogP contribution in [0.25, 0.3) is 0 Å². The number of nitrogens with zero attached hydrogens (tertiary/aromatic N) is 2. The van der Waals surface area contributed by atoms with Gasteiger partial charge in [0.05, 0.1) is 23.0 Å². The van der Waals surface area contributed by atoms with E-state index < -0.39 is 51.3 Å². The summed E-state index contributed by atoms with van der Waals surface area (Å²) in [5.41, 5.74) is 7.85. The second-order valence-electron chi connectivity index (χ2n) is 11.1. The molecule has 5 rings (SSSR count). The zero-order valence-corrected chi connectivity index (χ0v) is 25.4. The van der Waals surface area contributed by atoms with E-state index in [4.69, 9.17) is 5.73 Å². The van der Waals surface area contributed by atoms with Crippen LogP contribution in [0.2, 0.25) is 0 Å². The maximum atomic E-state index is 15.2. The molecule has 1 aliphatic rings. The number of halogens is 3. The quantitative estimate of drug-likeness (QED) is 0.209. The monoisotopic (exact) mass is 637 g/mol. The van der Waals surface area contributed by atoms with Gasteiger partial charge in [0.2, 0.25) is 15.9 Å². The van der Waals surface area contributed by atoms with E-state index >= 15 is 4.39 Å². The first kappa shape index (κ1) is 32.1. The fourth-order valence-electron chi connectivity index (χ4n) is 5.72. The first-order chi connectivity index (χ1) is 21.5. The summed E-state index contributed by atoms with van der Waals surface area (Å²) in [6, 6.07) is 17.0. The van der Waals surface area contributed by atoms with Crippen LogP contribution in [0.3, 0.4) is 0 Å². The summed E-state index contributed by atoms with van der Waals surface area (Å²) < 4.78 is 71.0. The fourth-order valence-corrected chi connectivity index (χ4v) is 7.38. The molecule has 1 saturated heterocycles. The standard InChI is InChI=1S/C33H34F3N5O3S/c1-21(32(22-2-6-24(34)7-3-22)23-4-8-25(35)9-5-23)33(42)40-31-20-39-19-30(36)29(31)15-12-27-18-38-16-17-41(27)45(43,44)28-13-10-26(37)11-14-28/h2-11,13-14,19-21,27,32,38H,12,15-18,37H2,1H3,(H,40,42)/t21-,27+/m0/s1. The van der Waals surface area contributed by atoms with E-state index in [0.717, 1.165) is 6.20 Å². The highest BCUT2D eigenvalue weighted by Gasteiger charge is 2.34. The molecule has 0 unspecified atom stereocenters. The highest BCUT2D eigenvalue weighted by molar-refractivity contribution is 7.89. The molecule has 0 saturated carbocycles. The van der Waals surface area contributed by atoms with Crippen LogP contribution in [0, 0.1) is 23.4 Å². The van der Waals surface area contributed by atoms with Crippen LogP contribution in [0.15, 0.2) is 90.1 Å². The lowest BCUT2D eigenvalue weighted by atomic mass is 9.81. The van der Waals surface area contributed by atoms with Gasteiger partial charge in [0.25, 0.3) is 0 Å². The van der Waals surface area contributed by atoms with Gasteiger partial charge in [0.15, 0.2) is 0 Å². The van der Waals surface area contributed by atoms with E-state index in [2.05, 4.69) is 15.6 Å². The number of pyridine rings is 1. The van der Waals surface area contributed by atoms with Gasteiger partial charge in [-0.1, -0.05) is 31.2 Å². The third kappa shape index (κ3) is 7.35. The van der Waals surface area contributed by atoms with Crippen LogP contribution in [0.5, 0.6) is 0 Å². The minimum atomic E-state index is -3.84. The Morgan fingerprint density at radius 3 is 2.18 bits per heavy atom. The number of carbonyl (C=O) groups excluding carboxylic acids is 1. The van der Waals surface area contributed by atoms with Crippen molar-refractivity contribution in [3.05, 3.63) is 119 Å². The van der Waals surface area contributed by atoms with Crippen molar-refractivity contribution in [2.45, 2.75) is 36.6 Å². The van der Waals surface area contributed by atoms with Crippen molar-refractivity contribution in [2.24, 2.45) is 5.92 Å². The molecule has 0 spiro atoms. The maximum Gasteiger partial charge on any atom is 0.243 e. The highest BCUT2D eigenvalue weighted by atomic mass is 32.2. The first-order valence-corrected chi connectivity index (χ1v) is 16.0. The van der Waals surface area contributed by atoms with Crippen LogP contribution in [0.4, 0.5) is 24.5 Å². The summed E-state index contributed by atoms with van der Waals surface area (Å²) in [4.78, 5) is 17.7. The van der Waals surface area contributed by atoms with Crippen molar-refractivity contribution in [3.63, 3.8) is 0 Å².